The number of fused-ring (bicyclic) bond motifs is 1. The monoisotopic (exact) mass is 500 g/mol. The van der Waals surface area contributed by atoms with E-state index in [1.54, 1.807) is 18.2 Å². The van der Waals surface area contributed by atoms with Gasteiger partial charge < -0.3 is 14.5 Å². The van der Waals surface area contributed by atoms with Gasteiger partial charge in [0.1, 0.15) is 34.2 Å². The number of nitrogens with one attached hydrogen (secondary N) is 1. The number of anilines is 2. The van der Waals surface area contributed by atoms with Gasteiger partial charge in [-0.2, -0.15) is 0 Å². The normalized spacial score (nSPS) is 16.8. The first-order chi connectivity index (χ1) is 16.2. The van der Waals surface area contributed by atoms with Crippen LogP contribution < -0.4 is 5.32 Å². The maximum absolute atomic E-state index is 12.7. The molecule has 0 amide bonds. The number of hydrogen-bond donors (Lipinski definition) is 1. The zero-order chi connectivity index (χ0) is 24.0. The van der Waals surface area contributed by atoms with E-state index in [1.807, 2.05) is 36.6 Å². The third kappa shape index (κ3) is 4.31. The Kier molecular flexibility index (Phi) is 5.87. The highest BCUT2D eigenvalue weighted by atomic mass is 35.5. The summed E-state index contributed by atoms with van der Waals surface area (Å²) in [6, 6.07) is 10.4. The number of aromatic nitrogens is 3. The molecule has 1 saturated heterocycles. The van der Waals surface area contributed by atoms with E-state index in [-0.39, 0.29) is 16.3 Å². The third-order valence-electron chi connectivity index (χ3n) is 5.91. The molecule has 4 aromatic rings. The summed E-state index contributed by atoms with van der Waals surface area (Å²) in [6.07, 6.45) is 3.99. The molecule has 0 saturated carbocycles. The first kappa shape index (κ1) is 22.9. The van der Waals surface area contributed by atoms with Crippen LogP contribution in [0.25, 0.3) is 22.5 Å². The van der Waals surface area contributed by atoms with Crippen LogP contribution in [0, 0.1) is 13.8 Å². The summed E-state index contributed by atoms with van der Waals surface area (Å²) in [6.45, 7) is 4.43. The Balaban J connectivity index is 1.60. The zero-order valence-electron chi connectivity index (χ0n) is 19.1. The van der Waals surface area contributed by atoms with Gasteiger partial charge in [-0.25, -0.2) is 18.4 Å². The number of pyridine rings is 1. The van der Waals surface area contributed by atoms with E-state index < -0.39 is 9.84 Å². The van der Waals surface area contributed by atoms with Gasteiger partial charge in [0, 0.05) is 24.5 Å². The molecule has 0 spiro atoms. The molecular weight excluding hydrogens is 476 g/mol. The Hall–Kier alpha value is -2.88. The van der Waals surface area contributed by atoms with Crippen molar-refractivity contribution in [3.05, 3.63) is 53.1 Å². The van der Waals surface area contributed by atoms with E-state index >= 15 is 0 Å². The maximum Gasteiger partial charge on any atom is 0.177 e. The van der Waals surface area contributed by atoms with Crippen molar-refractivity contribution < 1.29 is 17.6 Å². The van der Waals surface area contributed by atoms with Crippen LogP contribution in [0.1, 0.15) is 37.1 Å². The van der Waals surface area contributed by atoms with E-state index in [0.717, 1.165) is 30.8 Å². The first-order valence-corrected chi connectivity index (χ1v) is 13.3. The molecule has 0 aliphatic carbocycles. The Morgan fingerprint density at radius 3 is 2.59 bits per heavy atom. The molecule has 1 aliphatic heterocycles. The van der Waals surface area contributed by atoms with Crippen LogP contribution in [0.4, 0.5) is 11.4 Å². The number of halogens is 1. The van der Waals surface area contributed by atoms with Crippen LogP contribution >= 0.6 is 11.6 Å². The van der Waals surface area contributed by atoms with Gasteiger partial charge in [0.2, 0.25) is 0 Å². The number of aryl methyl sites for hydroxylation is 2. The summed E-state index contributed by atoms with van der Waals surface area (Å²) in [5.74, 6) is 2.11. The summed E-state index contributed by atoms with van der Waals surface area (Å²) >= 11 is 6.38. The van der Waals surface area contributed by atoms with Gasteiger partial charge in [0.05, 0.1) is 16.3 Å². The minimum atomic E-state index is -3.56. The quantitative estimate of drug-likeness (QED) is 0.345. The Labute approximate surface area is 202 Å². The second kappa shape index (κ2) is 8.72. The number of sulfone groups is 1. The molecule has 178 valence electrons. The van der Waals surface area contributed by atoms with E-state index in [1.165, 1.54) is 6.26 Å². The largest absolute Gasteiger partial charge is 0.461 e. The Morgan fingerprint density at radius 2 is 1.91 bits per heavy atom. The van der Waals surface area contributed by atoms with E-state index in [2.05, 4.69) is 10.3 Å². The smallest absolute Gasteiger partial charge is 0.177 e. The third-order valence-corrected chi connectivity index (χ3v) is 7.24. The molecular formula is C24H25ClN4O4S. The Bertz CT molecular complexity index is 1490. The average Bonchev–Trinajstić information content (AvgIpc) is 3.36. The number of rotatable bonds is 5. The summed E-state index contributed by atoms with van der Waals surface area (Å²) in [7, 11) is -3.56. The van der Waals surface area contributed by atoms with Crippen LogP contribution in [-0.4, -0.2) is 35.8 Å². The predicted molar refractivity (Wildman–Crippen MR) is 131 cm³/mol. The van der Waals surface area contributed by atoms with Crippen molar-refractivity contribution >= 4 is 44.0 Å². The van der Waals surface area contributed by atoms with Crippen molar-refractivity contribution in [3.8, 4) is 11.3 Å². The van der Waals surface area contributed by atoms with Crippen molar-refractivity contribution in [2.75, 3.05) is 18.2 Å². The molecule has 1 aromatic carbocycles. The highest BCUT2D eigenvalue weighted by Gasteiger charge is 2.24. The molecule has 4 heterocycles. The van der Waals surface area contributed by atoms with Crippen LogP contribution in [0.3, 0.4) is 0 Å². The fourth-order valence-electron chi connectivity index (χ4n) is 4.33. The van der Waals surface area contributed by atoms with Crippen molar-refractivity contribution in [2.24, 2.45) is 0 Å². The SMILES string of the molecule is Cc1ccc(-c2ccc(Nc3cc(Cl)nc4c3nc(C)n4C3CCCCO3)c(S(C)(=O)=O)c2)o1. The van der Waals surface area contributed by atoms with E-state index in [4.69, 9.17) is 25.7 Å². The van der Waals surface area contributed by atoms with Crippen LogP contribution in [0.15, 0.2) is 45.7 Å². The molecule has 34 heavy (non-hydrogen) atoms. The molecule has 0 bridgehead atoms. The minimum Gasteiger partial charge on any atom is -0.461 e. The number of hydrogen-bond acceptors (Lipinski definition) is 7. The van der Waals surface area contributed by atoms with Crippen LogP contribution in [0.2, 0.25) is 5.15 Å². The number of ether oxygens (including phenoxy) is 1. The predicted octanol–water partition coefficient (Wildman–Crippen LogP) is 5.81. The molecule has 1 N–H and O–H groups in total. The average molecular weight is 501 g/mol. The maximum atomic E-state index is 12.7. The topological polar surface area (TPSA) is 99.2 Å². The molecule has 3 aromatic heterocycles. The van der Waals surface area contributed by atoms with Gasteiger partial charge in [-0.15, -0.1) is 0 Å². The highest BCUT2D eigenvalue weighted by Crippen LogP contribution is 2.36. The lowest BCUT2D eigenvalue weighted by Crippen LogP contribution is -2.19. The lowest BCUT2D eigenvalue weighted by molar-refractivity contribution is -0.0309. The number of nitrogens with zero attached hydrogens (tertiary/aromatic N) is 3. The van der Waals surface area contributed by atoms with Crippen molar-refractivity contribution in [3.63, 3.8) is 0 Å². The van der Waals surface area contributed by atoms with Crippen molar-refractivity contribution in [1.29, 1.82) is 0 Å². The van der Waals surface area contributed by atoms with Crippen LogP contribution in [-0.2, 0) is 14.6 Å². The number of benzene rings is 1. The van der Waals surface area contributed by atoms with Gasteiger partial charge in [-0.1, -0.05) is 11.6 Å². The molecule has 1 atom stereocenters. The van der Waals surface area contributed by atoms with Gasteiger partial charge >= 0.3 is 0 Å². The lowest BCUT2D eigenvalue weighted by atomic mass is 10.1. The van der Waals surface area contributed by atoms with Crippen LogP contribution in [0.5, 0.6) is 0 Å². The molecule has 1 aliphatic rings. The molecule has 5 rings (SSSR count). The number of furan rings is 1. The summed E-state index contributed by atoms with van der Waals surface area (Å²) in [4.78, 5) is 9.38. The standard InChI is InChI=1S/C24H25ClN4O4S/c1-14-7-10-19(33-14)16-8-9-17(20(12-16)34(3,30)31)27-18-13-21(25)28-24-23(18)26-15(2)29(24)22-6-4-5-11-32-22/h7-10,12-13,22H,4-6,11H2,1-3H3,(H,27,28). The minimum absolute atomic E-state index is 0.145. The number of imidazole rings is 1. The highest BCUT2D eigenvalue weighted by molar-refractivity contribution is 7.90. The second-order valence-electron chi connectivity index (χ2n) is 8.53. The summed E-state index contributed by atoms with van der Waals surface area (Å²) in [5, 5.41) is 3.51. The first-order valence-electron chi connectivity index (χ1n) is 11.1. The van der Waals surface area contributed by atoms with E-state index in [9.17, 15) is 8.42 Å². The summed E-state index contributed by atoms with van der Waals surface area (Å²) < 4.78 is 39.0. The molecule has 1 unspecified atom stereocenters. The fraction of sp³-hybridized carbons (Fsp3) is 0.333. The van der Waals surface area contributed by atoms with Crippen molar-refractivity contribution in [1.82, 2.24) is 14.5 Å². The zero-order valence-corrected chi connectivity index (χ0v) is 20.7. The lowest BCUT2D eigenvalue weighted by Gasteiger charge is -2.25. The van der Waals surface area contributed by atoms with E-state index in [0.29, 0.717) is 40.5 Å². The second-order valence-corrected chi connectivity index (χ2v) is 10.9. The molecule has 8 nitrogen and oxygen atoms in total. The van der Waals surface area contributed by atoms with Gasteiger partial charge in [-0.3, -0.25) is 4.57 Å². The van der Waals surface area contributed by atoms with Gasteiger partial charge in [0.25, 0.3) is 0 Å². The molecule has 10 heteroatoms. The fourth-order valence-corrected chi connectivity index (χ4v) is 5.38. The molecule has 0 radical (unpaired) electrons. The van der Waals surface area contributed by atoms with Crippen molar-refractivity contribution in [2.45, 2.75) is 44.2 Å². The molecule has 1 fully saturated rings. The van der Waals surface area contributed by atoms with Gasteiger partial charge in [0.15, 0.2) is 15.5 Å². The van der Waals surface area contributed by atoms with Gasteiger partial charge in [-0.05, 0) is 63.4 Å². The summed E-state index contributed by atoms with van der Waals surface area (Å²) in [5.41, 5.74) is 2.86. The Morgan fingerprint density at radius 1 is 1.09 bits per heavy atom.